The molecule has 0 heterocycles. The minimum atomic E-state index is 0.0245. The molecule has 0 spiro atoms. The van der Waals surface area contributed by atoms with Crippen LogP contribution in [-0.2, 0) is 0 Å². The predicted molar refractivity (Wildman–Crippen MR) is 149 cm³/mol. The molecule has 2 aromatic carbocycles. The topological polar surface area (TPSA) is 24.1 Å². The van der Waals surface area contributed by atoms with Crippen molar-refractivity contribution < 1.29 is 0 Å². The van der Waals surface area contributed by atoms with Gasteiger partial charge in [-0.1, -0.05) is 106 Å². The molecule has 2 nitrogen and oxygen atoms in total. The van der Waals surface area contributed by atoms with E-state index in [1.165, 1.54) is 33.6 Å². The molecule has 0 bridgehead atoms. The van der Waals surface area contributed by atoms with E-state index in [1.807, 2.05) is 0 Å². The van der Waals surface area contributed by atoms with E-state index in [1.54, 1.807) is 0 Å². The van der Waals surface area contributed by atoms with Crippen molar-refractivity contribution >= 4 is 11.4 Å². The zero-order chi connectivity index (χ0) is 25.1. The molecule has 2 atom stereocenters. The first-order valence-electron chi connectivity index (χ1n) is 13.1. The van der Waals surface area contributed by atoms with Crippen LogP contribution >= 0.6 is 0 Å². The van der Waals surface area contributed by atoms with Crippen molar-refractivity contribution in [2.24, 2.45) is 5.41 Å². The Morgan fingerprint density at radius 3 is 0.939 bits per heavy atom. The van der Waals surface area contributed by atoms with Crippen LogP contribution in [0.4, 0.5) is 11.4 Å². The number of hydrogen-bond donors (Lipinski definition) is 2. The monoisotopic (exact) mass is 450 g/mol. The molecule has 0 aromatic heterocycles. The molecule has 0 saturated heterocycles. The maximum Gasteiger partial charge on any atom is 0.0412 e. The second-order valence-corrected chi connectivity index (χ2v) is 11.8. The highest BCUT2D eigenvalue weighted by Gasteiger charge is 2.34. The van der Waals surface area contributed by atoms with Gasteiger partial charge in [0.2, 0.25) is 0 Å². The highest BCUT2D eigenvalue weighted by Crippen LogP contribution is 2.39. The van der Waals surface area contributed by atoms with Gasteiger partial charge >= 0.3 is 0 Å². The number of benzene rings is 2. The van der Waals surface area contributed by atoms with Gasteiger partial charge in [-0.05, 0) is 59.8 Å². The number of anilines is 2. The van der Waals surface area contributed by atoms with Crippen molar-refractivity contribution in [1.82, 2.24) is 0 Å². The van der Waals surface area contributed by atoms with Gasteiger partial charge in [-0.2, -0.15) is 0 Å². The molecule has 33 heavy (non-hydrogen) atoms. The molecule has 0 aliphatic rings. The summed E-state index contributed by atoms with van der Waals surface area (Å²) in [4.78, 5) is 0. The van der Waals surface area contributed by atoms with Crippen molar-refractivity contribution in [3.05, 3.63) is 58.7 Å². The van der Waals surface area contributed by atoms with Gasteiger partial charge in [-0.25, -0.2) is 0 Å². The van der Waals surface area contributed by atoms with E-state index < -0.39 is 0 Å². The first-order chi connectivity index (χ1) is 15.3. The molecular weight excluding hydrogens is 400 g/mol. The fraction of sp³-hybridized carbons (Fsp3) is 0.613. The third-order valence-electron chi connectivity index (χ3n) is 7.70. The summed E-state index contributed by atoms with van der Waals surface area (Å²) in [5, 5.41) is 7.97. The Bertz CT molecular complexity index is 779. The summed E-state index contributed by atoms with van der Waals surface area (Å²) in [7, 11) is 0. The third-order valence-corrected chi connectivity index (χ3v) is 7.70. The molecule has 0 amide bonds. The van der Waals surface area contributed by atoms with Crippen LogP contribution in [0.5, 0.6) is 0 Å². The fourth-order valence-electron chi connectivity index (χ4n) is 4.62. The second kappa shape index (κ2) is 11.0. The lowest BCUT2D eigenvalue weighted by molar-refractivity contribution is 0.278. The van der Waals surface area contributed by atoms with Crippen LogP contribution in [0, 0.1) is 5.41 Å². The number of nitrogens with one attached hydrogen (secondary N) is 2. The summed E-state index contributed by atoms with van der Waals surface area (Å²) in [5.41, 5.74) is 8.35. The summed E-state index contributed by atoms with van der Waals surface area (Å²) >= 11 is 0. The van der Waals surface area contributed by atoms with Crippen LogP contribution < -0.4 is 10.6 Å². The fourth-order valence-corrected chi connectivity index (χ4v) is 4.62. The minimum absolute atomic E-state index is 0.0245. The van der Waals surface area contributed by atoms with E-state index in [9.17, 15) is 0 Å². The van der Waals surface area contributed by atoms with E-state index >= 15 is 0 Å². The van der Waals surface area contributed by atoms with Gasteiger partial charge in [0.05, 0.1) is 0 Å². The third kappa shape index (κ3) is 6.14. The Morgan fingerprint density at radius 2 is 0.727 bits per heavy atom. The average Bonchev–Trinajstić information content (AvgIpc) is 2.72. The molecule has 184 valence electrons. The molecule has 0 unspecified atom stereocenters. The van der Waals surface area contributed by atoms with E-state index in [0.717, 1.165) is 0 Å². The molecule has 0 aliphatic carbocycles. The van der Waals surface area contributed by atoms with Gasteiger partial charge in [0.15, 0.2) is 0 Å². The minimum Gasteiger partial charge on any atom is -0.382 e. The first-order valence-corrected chi connectivity index (χ1v) is 13.1. The largest absolute Gasteiger partial charge is 0.382 e. The number of para-hydroxylation sites is 2. The van der Waals surface area contributed by atoms with Gasteiger partial charge in [0, 0.05) is 28.9 Å². The van der Waals surface area contributed by atoms with Gasteiger partial charge in [-0.3, -0.25) is 0 Å². The maximum absolute atomic E-state index is 3.98. The molecule has 2 aromatic rings. The lowest BCUT2D eigenvalue weighted by Crippen LogP contribution is -2.45. The standard InChI is InChI=1S/C31H50N2/c1-19(2)25-15-13-16-26(20(3)4)29(25)32-23(9)31(11,12)24(10)33-30-27(21(5)6)17-14-18-28(30)22(7)8/h13-24,32-33H,1-12H3/t23-,24+. The predicted octanol–water partition coefficient (Wildman–Crippen LogP) is 9.51. The molecule has 0 saturated carbocycles. The van der Waals surface area contributed by atoms with Gasteiger partial charge in [0.25, 0.3) is 0 Å². The molecule has 2 N–H and O–H groups in total. The molecular formula is C31H50N2. The Labute approximate surface area is 205 Å². The summed E-state index contributed by atoms with van der Waals surface area (Å²) in [6.45, 7) is 27.8. The van der Waals surface area contributed by atoms with Crippen LogP contribution in [0.2, 0.25) is 0 Å². The average molecular weight is 451 g/mol. The highest BCUT2D eigenvalue weighted by atomic mass is 15.0. The van der Waals surface area contributed by atoms with E-state index in [2.05, 4.69) is 130 Å². The van der Waals surface area contributed by atoms with Crippen LogP contribution in [0.15, 0.2) is 36.4 Å². The SMILES string of the molecule is CC(C)c1cccc(C(C)C)c1N[C@@H](C)C(C)(C)[C@@H](C)Nc1c(C(C)C)cccc1C(C)C. The highest BCUT2D eigenvalue weighted by molar-refractivity contribution is 5.62. The number of hydrogen-bond acceptors (Lipinski definition) is 2. The normalized spacial score (nSPS) is 14.3. The first kappa shape index (κ1) is 27.3. The summed E-state index contributed by atoms with van der Waals surface area (Å²) < 4.78 is 0. The van der Waals surface area contributed by atoms with Crippen molar-refractivity contribution in [2.45, 2.75) is 119 Å². The molecule has 0 radical (unpaired) electrons. The summed E-state index contributed by atoms with van der Waals surface area (Å²) in [5.74, 6) is 1.96. The van der Waals surface area contributed by atoms with E-state index in [4.69, 9.17) is 0 Å². The molecule has 2 rings (SSSR count). The quantitative estimate of drug-likeness (QED) is 0.376. The Kier molecular flexibility index (Phi) is 9.08. The smallest absolute Gasteiger partial charge is 0.0412 e. The lowest BCUT2D eigenvalue weighted by atomic mass is 9.77. The molecule has 0 aliphatic heterocycles. The lowest BCUT2D eigenvalue weighted by Gasteiger charge is -2.41. The van der Waals surface area contributed by atoms with Crippen molar-refractivity contribution in [1.29, 1.82) is 0 Å². The van der Waals surface area contributed by atoms with Gasteiger partial charge in [0.1, 0.15) is 0 Å². The zero-order valence-corrected chi connectivity index (χ0v) is 23.4. The molecule has 2 heteroatoms. The zero-order valence-electron chi connectivity index (χ0n) is 23.4. The van der Waals surface area contributed by atoms with Crippen molar-refractivity contribution in [2.75, 3.05) is 10.6 Å². The van der Waals surface area contributed by atoms with Crippen molar-refractivity contribution in [3.63, 3.8) is 0 Å². The van der Waals surface area contributed by atoms with Crippen LogP contribution in [0.1, 0.15) is 129 Å². The summed E-state index contributed by atoms with van der Waals surface area (Å²) in [6, 6.07) is 14.2. The Balaban J connectivity index is 2.39. The Hall–Kier alpha value is -1.96. The second-order valence-electron chi connectivity index (χ2n) is 11.8. The van der Waals surface area contributed by atoms with Gasteiger partial charge in [-0.15, -0.1) is 0 Å². The van der Waals surface area contributed by atoms with Crippen LogP contribution in [-0.4, -0.2) is 12.1 Å². The van der Waals surface area contributed by atoms with Crippen LogP contribution in [0.3, 0.4) is 0 Å². The Morgan fingerprint density at radius 1 is 0.485 bits per heavy atom. The van der Waals surface area contributed by atoms with Crippen LogP contribution in [0.25, 0.3) is 0 Å². The van der Waals surface area contributed by atoms with Gasteiger partial charge < -0.3 is 10.6 Å². The summed E-state index contributed by atoms with van der Waals surface area (Å²) in [6.07, 6.45) is 0. The van der Waals surface area contributed by atoms with Crippen molar-refractivity contribution in [3.8, 4) is 0 Å². The van der Waals surface area contributed by atoms with E-state index in [-0.39, 0.29) is 5.41 Å². The van der Waals surface area contributed by atoms with E-state index in [0.29, 0.717) is 35.8 Å². The molecule has 0 fully saturated rings. The maximum atomic E-state index is 3.98. The number of rotatable bonds is 10.